The van der Waals surface area contributed by atoms with Crippen LogP contribution >= 0.6 is 0 Å². The number of aryl methyl sites for hydroxylation is 1. The third-order valence-electron chi connectivity index (χ3n) is 3.00. The van der Waals surface area contributed by atoms with Gasteiger partial charge in [0.25, 0.3) is 0 Å². The fraction of sp³-hybridized carbons (Fsp3) is 0.385. The number of aliphatic carboxylic acids is 1. The first-order valence-corrected chi connectivity index (χ1v) is 6.47. The minimum atomic E-state index is -1.22. The van der Waals surface area contributed by atoms with Crippen LogP contribution in [0.2, 0.25) is 0 Å². The van der Waals surface area contributed by atoms with Gasteiger partial charge < -0.3 is 21.3 Å². The Morgan fingerprint density at radius 2 is 2.45 bits per heavy atom. The van der Waals surface area contributed by atoms with Crippen LogP contribution < -0.4 is 10.7 Å². The Labute approximate surface area is 116 Å². The van der Waals surface area contributed by atoms with Crippen molar-refractivity contribution in [1.82, 2.24) is 10.4 Å². The normalized spacial score (nSPS) is 14.1. The molecule has 0 fully saturated rings. The lowest BCUT2D eigenvalue weighted by Gasteiger charge is -2.17. The number of nitrogens with zero attached hydrogens (tertiary/aromatic N) is 2. The molecule has 1 aromatic heterocycles. The molecule has 2 rings (SSSR count). The van der Waals surface area contributed by atoms with Crippen LogP contribution in [-0.4, -0.2) is 41.1 Å². The number of aromatic nitrogens is 1. The van der Waals surface area contributed by atoms with Crippen LogP contribution in [0.3, 0.4) is 0 Å². The van der Waals surface area contributed by atoms with Gasteiger partial charge >= 0.3 is 5.97 Å². The summed E-state index contributed by atoms with van der Waals surface area (Å²) in [4.78, 5) is 15.1. The van der Waals surface area contributed by atoms with E-state index in [0.29, 0.717) is 19.2 Å². The number of hydrogen-bond acceptors (Lipinski definition) is 6. The van der Waals surface area contributed by atoms with Crippen LogP contribution in [0.1, 0.15) is 17.7 Å². The van der Waals surface area contributed by atoms with Crippen LogP contribution in [-0.2, 0) is 17.6 Å². The van der Waals surface area contributed by atoms with E-state index in [1.54, 1.807) is 0 Å². The molecule has 7 heteroatoms. The number of carbonyl (C=O) groups is 1. The molecule has 0 atom stereocenters. The quantitative estimate of drug-likeness (QED) is 0.346. The maximum atomic E-state index is 10.6. The number of anilines is 1. The van der Waals surface area contributed by atoms with Crippen molar-refractivity contribution in [2.24, 2.45) is 5.10 Å². The Bertz CT molecular complexity index is 542. The summed E-state index contributed by atoms with van der Waals surface area (Å²) in [5.74, 6) is -0.272. The highest BCUT2D eigenvalue weighted by atomic mass is 16.4. The Hall–Kier alpha value is -2.44. The van der Waals surface area contributed by atoms with E-state index in [1.165, 1.54) is 5.56 Å². The van der Waals surface area contributed by atoms with E-state index >= 15 is 0 Å². The molecule has 1 aliphatic rings. The molecule has 1 aromatic rings. The maximum Gasteiger partial charge on any atom is 0.357 e. The molecule has 0 aromatic carbocycles. The summed E-state index contributed by atoms with van der Waals surface area (Å²) in [5, 5.41) is 22.5. The molecule has 4 N–H and O–H groups in total. The largest absolute Gasteiger partial charge is 0.476 e. The number of rotatable bonds is 6. The van der Waals surface area contributed by atoms with Gasteiger partial charge in [0.15, 0.2) is 5.71 Å². The van der Waals surface area contributed by atoms with E-state index in [9.17, 15) is 4.79 Å². The van der Waals surface area contributed by atoms with Gasteiger partial charge in [-0.15, -0.1) is 0 Å². The second-order valence-electron chi connectivity index (χ2n) is 4.45. The van der Waals surface area contributed by atoms with E-state index in [4.69, 9.17) is 10.5 Å². The maximum absolute atomic E-state index is 10.6. The Kier molecular flexibility index (Phi) is 4.65. The molecule has 0 bridgehead atoms. The summed E-state index contributed by atoms with van der Waals surface area (Å²) in [5.41, 5.74) is 4.49. The second-order valence-corrected chi connectivity index (χ2v) is 4.45. The standard InChI is InChI=1S/C13H17N5O2/c14-8-11(13(19)20)18-16-7-5-10-4-3-9-2-1-6-15-12(9)17-10/h3-4,8,14,16H,1-2,5-7H2,(H,15,17)(H,19,20)/b14-8?,18-11+. The Morgan fingerprint density at radius 3 is 3.20 bits per heavy atom. The van der Waals surface area contributed by atoms with E-state index in [1.807, 2.05) is 6.07 Å². The number of hydrogen-bond donors (Lipinski definition) is 4. The van der Waals surface area contributed by atoms with Crippen molar-refractivity contribution < 1.29 is 9.90 Å². The highest BCUT2D eigenvalue weighted by Crippen LogP contribution is 2.19. The van der Waals surface area contributed by atoms with Crippen molar-refractivity contribution in [3.63, 3.8) is 0 Å². The molecule has 0 amide bonds. The zero-order valence-electron chi connectivity index (χ0n) is 11.0. The van der Waals surface area contributed by atoms with Crippen molar-refractivity contribution >= 4 is 23.7 Å². The predicted octanol–water partition coefficient (Wildman–Crippen LogP) is 0.662. The highest BCUT2D eigenvalue weighted by Gasteiger charge is 2.10. The van der Waals surface area contributed by atoms with E-state index < -0.39 is 5.97 Å². The molecule has 2 heterocycles. The molecule has 0 radical (unpaired) electrons. The molecule has 1 aliphatic heterocycles. The first kappa shape index (κ1) is 14.0. The summed E-state index contributed by atoms with van der Waals surface area (Å²) in [6.07, 6.45) is 3.53. The fourth-order valence-electron chi connectivity index (χ4n) is 1.97. The van der Waals surface area contributed by atoms with Crippen molar-refractivity contribution in [2.45, 2.75) is 19.3 Å². The van der Waals surface area contributed by atoms with Gasteiger partial charge in [-0.3, -0.25) is 0 Å². The highest BCUT2D eigenvalue weighted by molar-refractivity contribution is 6.58. The van der Waals surface area contributed by atoms with Crippen LogP contribution in [0.5, 0.6) is 0 Å². The lowest BCUT2D eigenvalue weighted by Crippen LogP contribution is -2.21. The predicted molar refractivity (Wildman–Crippen MR) is 76.6 cm³/mol. The van der Waals surface area contributed by atoms with Crippen LogP contribution in [0.15, 0.2) is 17.2 Å². The van der Waals surface area contributed by atoms with Crippen molar-refractivity contribution in [3.8, 4) is 0 Å². The van der Waals surface area contributed by atoms with E-state index in [0.717, 1.165) is 30.9 Å². The first-order valence-electron chi connectivity index (χ1n) is 6.47. The smallest absolute Gasteiger partial charge is 0.357 e. The topological polar surface area (TPSA) is 110 Å². The summed E-state index contributed by atoms with van der Waals surface area (Å²) in [7, 11) is 0. The molecule has 0 spiro atoms. The van der Waals surface area contributed by atoms with Gasteiger partial charge in [0, 0.05) is 25.2 Å². The molecule has 0 aliphatic carbocycles. The summed E-state index contributed by atoms with van der Waals surface area (Å²) in [6, 6.07) is 4.05. The van der Waals surface area contributed by atoms with Crippen molar-refractivity contribution in [2.75, 3.05) is 18.4 Å². The van der Waals surface area contributed by atoms with Crippen LogP contribution in [0.25, 0.3) is 0 Å². The van der Waals surface area contributed by atoms with Gasteiger partial charge in [0.05, 0.1) is 6.21 Å². The third-order valence-corrected chi connectivity index (χ3v) is 3.00. The SMILES string of the molecule is N=C/C(=N\NCCc1ccc2c(n1)NCCC2)C(=O)O. The lowest BCUT2D eigenvalue weighted by atomic mass is 10.1. The lowest BCUT2D eigenvalue weighted by molar-refractivity contribution is -0.129. The number of nitrogens with one attached hydrogen (secondary N) is 3. The minimum Gasteiger partial charge on any atom is -0.476 e. The second kappa shape index (κ2) is 6.65. The van der Waals surface area contributed by atoms with Gasteiger partial charge in [0.1, 0.15) is 5.82 Å². The molecule has 106 valence electrons. The van der Waals surface area contributed by atoms with Crippen molar-refractivity contribution in [3.05, 3.63) is 23.4 Å². The fourth-order valence-corrected chi connectivity index (χ4v) is 1.97. The Morgan fingerprint density at radius 1 is 1.60 bits per heavy atom. The molecule has 0 saturated carbocycles. The molecular formula is C13H17N5O2. The molecule has 7 nitrogen and oxygen atoms in total. The molecule has 0 saturated heterocycles. The average Bonchev–Trinajstić information content (AvgIpc) is 2.46. The number of hydrazone groups is 1. The molecule has 0 unspecified atom stereocenters. The average molecular weight is 275 g/mol. The zero-order valence-corrected chi connectivity index (χ0v) is 11.0. The monoisotopic (exact) mass is 275 g/mol. The first-order chi connectivity index (χ1) is 9.70. The number of carboxylic acids is 1. The van der Waals surface area contributed by atoms with Gasteiger partial charge in [-0.05, 0) is 24.5 Å². The number of fused-ring (bicyclic) bond motifs is 1. The van der Waals surface area contributed by atoms with Gasteiger partial charge in [-0.2, -0.15) is 5.10 Å². The molecular weight excluding hydrogens is 258 g/mol. The van der Waals surface area contributed by atoms with Crippen molar-refractivity contribution in [1.29, 1.82) is 5.41 Å². The Balaban J connectivity index is 1.88. The van der Waals surface area contributed by atoms with Gasteiger partial charge in [-0.25, -0.2) is 9.78 Å². The summed E-state index contributed by atoms with van der Waals surface area (Å²) < 4.78 is 0. The minimum absolute atomic E-state index is 0.315. The van der Waals surface area contributed by atoms with Crippen LogP contribution in [0, 0.1) is 5.41 Å². The summed E-state index contributed by atoms with van der Waals surface area (Å²) in [6.45, 7) is 1.42. The van der Waals surface area contributed by atoms with E-state index in [2.05, 4.69) is 26.9 Å². The zero-order chi connectivity index (χ0) is 14.4. The van der Waals surface area contributed by atoms with Crippen LogP contribution in [0.4, 0.5) is 5.82 Å². The van der Waals surface area contributed by atoms with Gasteiger partial charge in [0.2, 0.25) is 0 Å². The number of carboxylic acid groups (broad SMARTS) is 1. The number of pyridine rings is 1. The van der Waals surface area contributed by atoms with E-state index in [-0.39, 0.29) is 5.71 Å². The summed E-state index contributed by atoms with van der Waals surface area (Å²) >= 11 is 0. The van der Waals surface area contributed by atoms with Gasteiger partial charge in [-0.1, -0.05) is 6.07 Å². The molecule has 20 heavy (non-hydrogen) atoms. The third kappa shape index (κ3) is 3.53.